The van der Waals surface area contributed by atoms with Gasteiger partial charge in [0.1, 0.15) is 11.5 Å². The fraction of sp³-hybridized carbons (Fsp3) is 0.316. The Morgan fingerprint density at radius 1 is 1.12 bits per heavy atom. The Labute approximate surface area is 145 Å². The zero-order chi connectivity index (χ0) is 18.0. The molecule has 3 amide bonds. The maximum Gasteiger partial charge on any atom is 0.261 e. The summed E-state index contributed by atoms with van der Waals surface area (Å²) in [5.74, 6) is 0.919. The zero-order valence-electron chi connectivity index (χ0n) is 14.3. The largest absolute Gasteiger partial charge is 0.466 e. The number of nitrogens with zero attached hydrogens (tertiary/aromatic N) is 1. The molecule has 0 radical (unpaired) electrons. The maximum atomic E-state index is 12.2. The first kappa shape index (κ1) is 17.0. The average Bonchev–Trinajstić information content (AvgIpc) is 3.04. The van der Waals surface area contributed by atoms with Gasteiger partial charge in [-0.05, 0) is 38.5 Å². The van der Waals surface area contributed by atoms with Gasteiger partial charge in [-0.2, -0.15) is 0 Å². The standard InChI is InChI=1S/C19H20N2O4/c1-12-10-14(13(2)25-12)11-20-17(22)8-5-9-21-18(23)15-6-3-4-7-16(15)19(21)24/h3-4,6-7,10H,5,8-9,11H2,1-2H3,(H,20,22). The van der Waals surface area contributed by atoms with E-state index in [1.807, 2.05) is 19.9 Å². The molecule has 1 N–H and O–H groups in total. The number of rotatable bonds is 6. The summed E-state index contributed by atoms with van der Waals surface area (Å²) >= 11 is 0. The minimum Gasteiger partial charge on any atom is -0.466 e. The van der Waals surface area contributed by atoms with Crippen LogP contribution in [-0.2, 0) is 11.3 Å². The highest BCUT2D eigenvalue weighted by atomic mass is 16.3. The van der Waals surface area contributed by atoms with E-state index in [2.05, 4.69) is 5.32 Å². The molecule has 3 rings (SSSR count). The number of imide groups is 1. The van der Waals surface area contributed by atoms with E-state index < -0.39 is 0 Å². The number of nitrogens with one attached hydrogen (secondary N) is 1. The van der Waals surface area contributed by atoms with Gasteiger partial charge in [-0.3, -0.25) is 19.3 Å². The molecule has 1 aromatic heterocycles. The van der Waals surface area contributed by atoms with Gasteiger partial charge in [-0.25, -0.2) is 0 Å². The molecule has 0 bridgehead atoms. The van der Waals surface area contributed by atoms with E-state index in [0.29, 0.717) is 24.1 Å². The Morgan fingerprint density at radius 3 is 2.32 bits per heavy atom. The molecule has 6 nitrogen and oxygen atoms in total. The zero-order valence-corrected chi connectivity index (χ0v) is 14.3. The number of furan rings is 1. The Bertz CT molecular complexity index is 803. The van der Waals surface area contributed by atoms with Gasteiger partial charge in [-0.15, -0.1) is 0 Å². The fourth-order valence-corrected chi connectivity index (χ4v) is 2.98. The normalized spacial score (nSPS) is 13.3. The number of fused-ring (bicyclic) bond motifs is 1. The van der Waals surface area contributed by atoms with Crippen molar-refractivity contribution < 1.29 is 18.8 Å². The second kappa shape index (κ2) is 6.93. The summed E-state index contributed by atoms with van der Waals surface area (Å²) in [6.45, 7) is 4.37. The Balaban J connectivity index is 1.47. The van der Waals surface area contributed by atoms with E-state index >= 15 is 0 Å². The van der Waals surface area contributed by atoms with Gasteiger partial charge in [0.05, 0.1) is 11.1 Å². The average molecular weight is 340 g/mol. The van der Waals surface area contributed by atoms with Gasteiger partial charge < -0.3 is 9.73 Å². The van der Waals surface area contributed by atoms with Crippen molar-refractivity contribution in [1.82, 2.24) is 10.2 Å². The van der Waals surface area contributed by atoms with Crippen LogP contribution in [0.3, 0.4) is 0 Å². The van der Waals surface area contributed by atoms with Gasteiger partial charge >= 0.3 is 0 Å². The van der Waals surface area contributed by atoms with E-state index in [9.17, 15) is 14.4 Å². The highest BCUT2D eigenvalue weighted by molar-refractivity contribution is 6.21. The second-order valence-corrected chi connectivity index (χ2v) is 6.13. The number of aryl methyl sites for hydroxylation is 2. The van der Waals surface area contributed by atoms with Crippen molar-refractivity contribution in [2.24, 2.45) is 0 Å². The molecule has 1 aliphatic rings. The lowest BCUT2D eigenvalue weighted by molar-refractivity contribution is -0.121. The van der Waals surface area contributed by atoms with Crippen LogP contribution < -0.4 is 5.32 Å². The van der Waals surface area contributed by atoms with E-state index in [4.69, 9.17) is 4.42 Å². The van der Waals surface area contributed by atoms with Gasteiger partial charge in [0, 0.05) is 25.1 Å². The minimum atomic E-state index is -0.287. The summed E-state index contributed by atoms with van der Waals surface area (Å²) < 4.78 is 5.42. The predicted octanol–water partition coefficient (Wildman–Crippen LogP) is 2.59. The van der Waals surface area contributed by atoms with Crippen LogP contribution in [0.25, 0.3) is 0 Å². The molecule has 0 saturated heterocycles. The Hall–Kier alpha value is -2.89. The summed E-state index contributed by atoms with van der Waals surface area (Å²) in [6, 6.07) is 8.67. The third-order valence-electron chi connectivity index (χ3n) is 4.28. The summed E-state index contributed by atoms with van der Waals surface area (Å²) in [4.78, 5) is 37.6. The van der Waals surface area contributed by atoms with Crippen LogP contribution in [0.5, 0.6) is 0 Å². The fourth-order valence-electron chi connectivity index (χ4n) is 2.98. The third kappa shape index (κ3) is 3.47. The van der Waals surface area contributed by atoms with E-state index in [1.165, 1.54) is 4.90 Å². The van der Waals surface area contributed by atoms with Crippen LogP contribution in [0.4, 0.5) is 0 Å². The van der Waals surface area contributed by atoms with Gasteiger partial charge in [0.2, 0.25) is 5.91 Å². The molecule has 6 heteroatoms. The highest BCUT2D eigenvalue weighted by Gasteiger charge is 2.34. The van der Waals surface area contributed by atoms with E-state index in [0.717, 1.165) is 17.1 Å². The summed E-state index contributed by atoms with van der Waals surface area (Å²) in [7, 11) is 0. The van der Waals surface area contributed by atoms with Crippen LogP contribution in [-0.4, -0.2) is 29.2 Å². The molecule has 1 aliphatic heterocycles. The number of carbonyl (C=O) groups is 3. The SMILES string of the molecule is Cc1cc(CNC(=O)CCCN2C(=O)c3ccccc3C2=O)c(C)o1. The van der Waals surface area contributed by atoms with Gasteiger partial charge in [0.25, 0.3) is 11.8 Å². The number of hydrogen-bond acceptors (Lipinski definition) is 4. The van der Waals surface area contributed by atoms with Crippen molar-refractivity contribution in [3.63, 3.8) is 0 Å². The number of hydrogen-bond donors (Lipinski definition) is 1. The molecule has 0 spiro atoms. The van der Waals surface area contributed by atoms with Crippen molar-refractivity contribution in [3.05, 3.63) is 58.5 Å². The van der Waals surface area contributed by atoms with Gasteiger partial charge in [-0.1, -0.05) is 12.1 Å². The lowest BCUT2D eigenvalue weighted by Crippen LogP contribution is -2.32. The number of amides is 3. The lowest BCUT2D eigenvalue weighted by atomic mass is 10.1. The predicted molar refractivity (Wildman–Crippen MR) is 91.1 cm³/mol. The van der Waals surface area contributed by atoms with Crippen LogP contribution >= 0.6 is 0 Å². The van der Waals surface area contributed by atoms with Crippen molar-refractivity contribution in [2.75, 3.05) is 6.54 Å². The summed E-state index contributed by atoms with van der Waals surface area (Å²) in [5, 5.41) is 2.83. The summed E-state index contributed by atoms with van der Waals surface area (Å²) in [5.41, 5.74) is 1.82. The lowest BCUT2D eigenvalue weighted by Gasteiger charge is -2.13. The number of carbonyl (C=O) groups excluding carboxylic acids is 3. The first-order valence-corrected chi connectivity index (χ1v) is 8.25. The van der Waals surface area contributed by atoms with Crippen LogP contribution in [0.1, 0.15) is 50.6 Å². The Morgan fingerprint density at radius 2 is 1.76 bits per heavy atom. The van der Waals surface area contributed by atoms with E-state index in [-0.39, 0.29) is 30.7 Å². The first-order valence-electron chi connectivity index (χ1n) is 8.25. The minimum absolute atomic E-state index is 0.116. The first-order chi connectivity index (χ1) is 12.0. The molecule has 25 heavy (non-hydrogen) atoms. The molecule has 0 atom stereocenters. The van der Waals surface area contributed by atoms with Crippen LogP contribution in [0.15, 0.2) is 34.7 Å². The van der Waals surface area contributed by atoms with Gasteiger partial charge in [0.15, 0.2) is 0 Å². The van der Waals surface area contributed by atoms with Crippen molar-refractivity contribution >= 4 is 17.7 Å². The maximum absolute atomic E-state index is 12.2. The smallest absolute Gasteiger partial charge is 0.261 e. The molecule has 0 saturated carbocycles. The Kier molecular flexibility index (Phi) is 4.70. The van der Waals surface area contributed by atoms with Crippen molar-refractivity contribution in [3.8, 4) is 0 Å². The molecular formula is C19H20N2O4. The molecule has 1 aromatic carbocycles. The molecule has 0 unspecified atom stereocenters. The van der Waals surface area contributed by atoms with Crippen LogP contribution in [0.2, 0.25) is 0 Å². The third-order valence-corrected chi connectivity index (χ3v) is 4.28. The molecule has 0 aliphatic carbocycles. The molecular weight excluding hydrogens is 320 g/mol. The monoisotopic (exact) mass is 340 g/mol. The quantitative estimate of drug-likeness (QED) is 0.820. The van der Waals surface area contributed by atoms with Crippen molar-refractivity contribution in [1.29, 1.82) is 0 Å². The molecule has 2 aromatic rings. The highest BCUT2D eigenvalue weighted by Crippen LogP contribution is 2.22. The van der Waals surface area contributed by atoms with E-state index in [1.54, 1.807) is 24.3 Å². The molecule has 0 fully saturated rings. The van der Waals surface area contributed by atoms with Crippen LogP contribution in [0, 0.1) is 13.8 Å². The molecule has 2 heterocycles. The number of benzene rings is 1. The second-order valence-electron chi connectivity index (χ2n) is 6.13. The summed E-state index contributed by atoms with van der Waals surface area (Å²) in [6.07, 6.45) is 0.685. The van der Waals surface area contributed by atoms with Crippen molar-refractivity contribution in [2.45, 2.75) is 33.2 Å². The topological polar surface area (TPSA) is 79.6 Å². The molecule has 130 valence electrons.